The maximum Gasteiger partial charge on any atom is 0.297 e. The summed E-state index contributed by atoms with van der Waals surface area (Å²) < 4.78 is 35.6. The molecule has 206 valence electrons. The minimum atomic E-state index is -3.91. The van der Waals surface area contributed by atoms with Gasteiger partial charge in [0.05, 0.1) is 23.4 Å². The molecule has 8 nitrogen and oxygen atoms in total. The highest BCUT2D eigenvalue weighted by molar-refractivity contribution is 7.86. The van der Waals surface area contributed by atoms with Gasteiger partial charge in [-0.1, -0.05) is 31.5 Å². The molecule has 2 heterocycles. The number of ether oxygens (including phenoxy) is 1. The highest BCUT2D eigenvalue weighted by Gasteiger charge is 2.35. The van der Waals surface area contributed by atoms with E-state index >= 15 is 0 Å². The monoisotopic (exact) mass is 533 g/mol. The van der Waals surface area contributed by atoms with Crippen LogP contribution in [-0.4, -0.2) is 69.1 Å². The molecule has 1 fully saturated rings. The van der Waals surface area contributed by atoms with Gasteiger partial charge in [0.1, 0.15) is 12.7 Å². The molecule has 0 amide bonds. The summed E-state index contributed by atoms with van der Waals surface area (Å²) >= 11 is 0. The van der Waals surface area contributed by atoms with Crippen LogP contribution in [0.1, 0.15) is 57.9 Å². The standard InChI is InChI=1S/C28H43N3O5S/c1-4-31(5-2)28-15-9-22(17-29-28)27-13-8-21-16-24(10-14-26(21)30-27)35-18-23(32)19-36-37(33,34)25-11-6-20(3)7-12-25/h6-7,10-12,17,21,23,26-30,32H,4-5,8-9,13-16,18-19H2,1-3H3/t21-,23?,26?,27?,28?/m1/s1. The van der Waals surface area contributed by atoms with E-state index in [9.17, 15) is 13.5 Å². The summed E-state index contributed by atoms with van der Waals surface area (Å²) in [5, 5.41) is 17.8. The van der Waals surface area contributed by atoms with Gasteiger partial charge in [-0.25, -0.2) is 0 Å². The summed E-state index contributed by atoms with van der Waals surface area (Å²) in [6.45, 7) is 8.12. The molecule has 0 bridgehead atoms. The molecule has 3 aliphatic rings. The Morgan fingerprint density at radius 2 is 1.86 bits per heavy atom. The van der Waals surface area contributed by atoms with Gasteiger partial charge in [-0.3, -0.25) is 9.08 Å². The largest absolute Gasteiger partial charge is 0.495 e. The Labute approximate surface area is 222 Å². The second kappa shape index (κ2) is 12.8. The van der Waals surface area contributed by atoms with Crippen LogP contribution in [0.15, 0.2) is 52.8 Å². The van der Waals surface area contributed by atoms with Crippen molar-refractivity contribution in [1.29, 1.82) is 0 Å². The molecule has 4 rings (SSSR count). The van der Waals surface area contributed by atoms with Gasteiger partial charge in [-0.15, -0.1) is 0 Å². The fourth-order valence-electron chi connectivity index (χ4n) is 5.66. The number of nitrogens with zero attached hydrogens (tertiary/aromatic N) is 1. The van der Waals surface area contributed by atoms with Crippen molar-refractivity contribution in [3.63, 3.8) is 0 Å². The third kappa shape index (κ3) is 7.35. The van der Waals surface area contributed by atoms with Crippen LogP contribution in [-0.2, 0) is 19.0 Å². The van der Waals surface area contributed by atoms with E-state index in [2.05, 4.69) is 41.7 Å². The van der Waals surface area contributed by atoms with E-state index in [-0.39, 0.29) is 18.1 Å². The maximum absolute atomic E-state index is 12.3. The Kier molecular flexibility index (Phi) is 9.69. The number of aliphatic hydroxyl groups excluding tert-OH is 1. The molecular weight excluding hydrogens is 490 g/mol. The quantitative estimate of drug-likeness (QED) is 0.372. The third-order valence-electron chi connectivity index (χ3n) is 7.93. The van der Waals surface area contributed by atoms with Crippen LogP contribution in [0.25, 0.3) is 0 Å². The normalized spacial score (nSPS) is 27.1. The van der Waals surface area contributed by atoms with Crippen molar-refractivity contribution in [2.45, 2.75) is 88.5 Å². The summed E-state index contributed by atoms with van der Waals surface area (Å²) in [6.07, 6.45) is 10.0. The fourth-order valence-corrected chi connectivity index (χ4v) is 6.60. The summed E-state index contributed by atoms with van der Waals surface area (Å²) in [7, 11) is -3.91. The van der Waals surface area contributed by atoms with Crippen LogP contribution in [0, 0.1) is 12.8 Å². The maximum atomic E-state index is 12.3. The second-order valence-corrected chi connectivity index (χ2v) is 12.1. The van der Waals surface area contributed by atoms with Gasteiger partial charge >= 0.3 is 0 Å². The van der Waals surface area contributed by atoms with E-state index in [0.717, 1.165) is 62.9 Å². The second-order valence-electron chi connectivity index (χ2n) is 10.5. The van der Waals surface area contributed by atoms with Crippen molar-refractivity contribution in [2.24, 2.45) is 5.92 Å². The van der Waals surface area contributed by atoms with Crippen LogP contribution < -0.4 is 10.6 Å². The predicted molar refractivity (Wildman–Crippen MR) is 144 cm³/mol. The van der Waals surface area contributed by atoms with Gasteiger partial charge in [0.15, 0.2) is 0 Å². The summed E-state index contributed by atoms with van der Waals surface area (Å²) in [4.78, 5) is 2.55. The Morgan fingerprint density at radius 3 is 2.54 bits per heavy atom. The fraction of sp³-hybridized carbons (Fsp3) is 0.643. The lowest BCUT2D eigenvalue weighted by atomic mass is 9.78. The highest BCUT2D eigenvalue weighted by atomic mass is 32.2. The van der Waals surface area contributed by atoms with Crippen LogP contribution >= 0.6 is 0 Å². The molecule has 9 heteroatoms. The average Bonchev–Trinajstić information content (AvgIpc) is 2.92. The predicted octanol–water partition coefficient (Wildman–Crippen LogP) is 3.43. The van der Waals surface area contributed by atoms with Gasteiger partial charge in [-0.2, -0.15) is 8.42 Å². The molecule has 5 atom stereocenters. The molecule has 0 saturated carbocycles. The van der Waals surface area contributed by atoms with Crippen LogP contribution in [0.5, 0.6) is 0 Å². The van der Waals surface area contributed by atoms with Crippen LogP contribution in [0.2, 0.25) is 0 Å². The number of rotatable bonds is 11. The summed E-state index contributed by atoms with van der Waals surface area (Å²) in [6, 6.07) is 7.30. The molecule has 3 N–H and O–H groups in total. The number of allylic oxidation sites excluding steroid dienone is 1. The minimum absolute atomic E-state index is 0.00888. The molecule has 4 unspecified atom stereocenters. The summed E-state index contributed by atoms with van der Waals surface area (Å²) in [5.74, 6) is 1.38. The van der Waals surface area contributed by atoms with Crippen molar-refractivity contribution in [3.05, 3.63) is 53.4 Å². The number of hydrogen-bond acceptors (Lipinski definition) is 8. The van der Waals surface area contributed by atoms with Crippen LogP contribution in [0.4, 0.5) is 0 Å². The van der Waals surface area contributed by atoms with Crippen molar-refractivity contribution in [2.75, 3.05) is 26.3 Å². The van der Waals surface area contributed by atoms with E-state index in [1.54, 1.807) is 12.1 Å². The van der Waals surface area contributed by atoms with Crippen molar-refractivity contribution in [3.8, 4) is 0 Å². The zero-order chi connectivity index (χ0) is 26.4. The minimum Gasteiger partial charge on any atom is -0.495 e. The first kappa shape index (κ1) is 28.1. The number of piperidine rings is 1. The van der Waals surface area contributed by atoms with E-state index in [1.165, 1.54) is 17.7 Å². The number of aryl methyl sites for hydroxylation is 1. The topological polar surface area (TPSA) is 100 Å². The molecule has 1 aromatic rings. The molecule has 0 radical (unpaired) electrons. The molecule has 1 aromatic carbocycles. The number of benzene rings is 1. The van der Waals surface area contributed by atoms with Crippen LogP contribution in [0.3, 0.4) is 0 Å². The highest BCUT2D eigenvalue weighted by Crippen LogP contribution is 2.35. The van der Waals surface area contributed by atoms with Gasteiger partial charge in [0.25, 0.3) is 10.1 Å². The van der Waals surface area contributed by atoms with Gasteiger partial charge in [0, 0.05) is 18.5 Å². The smallest absolute Gasteiger partial charge is 0.297 e. The summed E-state index contributed by atoms with van der Waals surface area (Å²) in [5.41, 5.74) is 2.45. The molecule has 1 saturated heterocycles. The average molecular weight is 534 g/mol. The number of aliphatic hydroxyl groups is 1. The molecule has 2 aliphatic heterocycles. The van der Waals surface area contributed by atoms with Crippen molar-refractivity contribution >= 4 is 10.1 Å². The Morgan fingerprint density at radius 1 is 1.11 bits per heavy atom. The van der Waals surface area contributed by atoms with Gasteiger partial charge in [0.2, 0.25) is 0 Å². The lowest BCUT2D eigenvalue weighted by Gasteiger charge is -2.42. The zero-order valence-corrected chi connectivity index (χ0v) is 23.2. The Balaban J connectivity index is 1.21. The number of hydrogen-bond donors (Lipinski definition) is 3. The van der Waals surface area contributed by atoms with Crippen molar-refractivity contribution in [1.82, 2.24) is 15.5 Å². The zero-order valence-electron chi connectivity index (χ0n) is 22.4. The van der Waals surface area contributed by atoms with E-state index in [4.69, 9.17) is 8.92 Å². The number of fused-ring (bicyclic) bond motifs is 1. The SMILES string of the molecule is CCN(CC)C1CCC(C2CC[C@@H]3CC(OCC(O)COS(=O)(=O)c4ccc(C)cc4)=CCC3N2)=CN1. The first-order valence-electron chi connectivity index (χ1n) is 13.7. The molecule has 0 spiro atoms. The van der Waals surface area contributed by atoms with E-state index < -0.39 is 16.2 Å². The molecular formula is C28H43N3O5S. The molecule has 0 aromatic heterocycles. The first-order chi connectivity index (χ1) is 17.8. The van der Waals surface area contributed by atoms with Crippen molar-refractivity contribution < 1.29 is 22.4 Å². The Bertz CT molecular complexity index is 1050. The third-order valence-corrected chi connectivity index (χ3v) is 9.22. The lowest BCUT2D eigenvalue weighted by molar-refractivity contribution is 0.0313. The molecule has 1 aliphatic carbocycles. The first-order valence-corrected chi connectivity index (χ1v) is 15.1. The Hall–Kier alpha value is -1.91. The number of nitrogens with one attached hydrogen (secondary N) is 2. The lowest BCUT2D eigenvalue weighted by Crippen LogP contribution is -2.51. The molecule has 37 heavy (non-hydrogen) atoms. The van der Waals surface area contributed by atoms with E-state index in [1.807, 2.05) is 6.92 Å². The van der Waals surface area contributed by atoms with Gasteiger partial charge in [-0.05, 0) is 88.0 Å². The van der Waals surface area contributed by atoms with Gasteiger partial charge < -0.3 is 20.5 Å². The van der Waals surface area contributed by atoms with E-state index in [0.29, 0.717) is 24.2 Å².